The number of hydrogen-bond donors (Lipinski definition) is 1. The van der Waals surface area contributed by atoms with Gasteiger partial charge in [0, 0.05) is 24.8 Å². The highest BCUT2D eigenvalue weighted by Gasteiger charge is 2.22. The molecule has 56 valence electrons. The molecule has 0 aromatic heterocycles. The third-order valence-corrected chi connectivity index (χ3v) is 2.56. The van der Waals surface area contributed by atoms with Crippen molar-refractivity contribution < 1.29 is 0 Å². The Bertz CT molecular complexity index is 153. The highest BCUT2D eigenvalue weighted by atomic mass is 15.2. The summed E-state index contributed by atoms with van der Waals surface area (Å²) in [7, 11) is 2.21. The van der Waals surface area contributed by atoms with Crippen LogP contribution in [0.5, 0.6) is 0 Å². The molecule has 3 heterocycles. The van der Waals surface area contributed by atoms with Gasteiger partial charge in [-0.15, -0.1) is 0 Å². The molecule has 1 fully saturated rings. The second-order valence-corrected chi connectivity index (χ2v) is 3.24. The fourth-order valence-corrected chi connectivity index (χ4v) is 1.72. The first kappa shape index (κ1) is 6.23. The molecular formula is C8H14N2. The molecule has 0 spiro atoms. The van der Waals surface area contributed by atoms with E-state index in [1.165, 1.54) is 18.5 Å². The highest BCUT2D eigenvalue weighted by molar-refractivity contribution is 5.09. The quantitative estimate of drug-likeness (QED) is 0.526. The van der Waals surface area contributed by atoms with E-state index in [0.29, 0.717) is 0 Å². The highest BCUT2D eigenvalue weighted by Crippen LogP contribution is 2.18. The van der Waals surface area contributed by atoms with Crippen molar-refractivity contribution in [1.29, 1.82) is 0 Å². The van der Waals surface area contributed by atoms with Gasteiger partial charge >= 0.3 is 0 Å². The lowest BCUT2D eigenvalue weighted by atomic mass is 10.1. The van der Waals surface area contributed by atoms with Crippen molar-refractivity contribution in [2.45, 2.75) is 18.9 Å². The fourth-order valence-electron chi connectivity index (χ4n) is 1.72. The van der Waals surface area contributed by atoms with E-state index in [2.05, 4.69) is 23.3 Å². The number of fused-ring (bicyclic) bond motifs is 4. The first-order valence-corrected chi connectivity index (χ1v) is 3.99. The predicted molar refractivity (Wildman–Crippen MR) is 41.7 cm³/mol. The Morgan fingerprint density at radius 1 is 1.70 bits per heavy atom. The van der Waals surface area contributed by atoms with Crippen LogP contribution in [0.4, 0.5) is 0 Å². The van der Waals surface area contributed by atoms with Crippen LogP contribution in [0.2, 0.25) is 0 Å². The Labute approximate surface area is 61.9 Å². The van der Waals surface area contributed by atoms with Crippen LogP contribution in [0.1, 0.15) is 12.8 Å². The van der Waals surface area contributed by atoms with Crippen LogP contribution in [0.25, 0.3) is 0 Å². The van der Waals surface area contributed by atoms with Crippen LogP contribution in [0.15, 0.2) is 11.8 Å². The number of hydrogen-bond acceptors (Lipinski definition) is 2. The van der Waals surface area contributed by atoms with E-state index in [-0.39, 0.29) is 0 Å². The topological polar surface area (TPSA) is 15.3 Å². The largest absolute Gasteiger partial charge is 0.387 e. The van der Waals surface area contributed by atoms with Gasteiger partial charge in [-0.05, 0) is 19.9 Å². The zero-order valence-electron chi connectivity index (χ0n) is 6.43. The molecule has 3 rings (SSSR count). The van der Waals surface area contributed by atoms with E-state index in [0.717, 1.165) is 19.1 Å². The van der Waals surface area contributed by atoms with Gasteiger partial charge < -0.3 is 5.32 Å². The van der Waals surface area contributed by atoms with Crippen LogP contribution in [0.3, 0.4) is 0 Å². The van der Waals surface area contributed by atoms with E-state index in [4.69, 9.17) is 0 Å². The lowest BCUT2D eigenvalue weighted by Crippen LogP contribution is -2.40. The predicted octanol–water partition coefficient (Wildman–Crippen LogP) is 0.568. The van der Waals surface area contributed by atoms with Crippen molar-refractivity contribution >= 4 is 0 Å². The number of nitrogens with zero attached hydrogens (tertiary/aromatic N) is 1. The van der Waals surface area contributed by atoms with Crippen molar-refractivity contribution in [3.8, 4) is 0 Å². The van der Waals surface area contributed by atoms with Gasteiger partial charge in [0.05, 0.1) is 0 Å². The summed E-state index contributed by atoms with van der Waals surface area (Å²) in [6.07, 6.45) is 4.91. The van der Waals surface area contributed by atoms with Crippen LogP contribution in [-0.4, -0.2) is 31.1 Å². The average Bonchev–Trinajstić information content (AvgIpc) is 2.24. The van der Waals surface area contributed by atoms with Crippen molar-refractivity contribution in [2.24, 2.45) is 0 Å². The standard InChI is InChI=1S/C8H14N2/c1-10-5-4-7-2-3-8(10)6-9-7/h4,8-9H,2-3,5-6H2,1H3. The molecule has 1 unspecified atom stereocenters. The molecule has 0 radical (unpaired) electrons. The molecule has 0 saturated carbocycles. The van der Waals surface area contributed by atoms with Crippen molar-refractivity contribution in [3.63, 3.8) is 0 Å². The molecule has 3 aliphatic heterocycles. The SMILES string of the molecule is CN1CC=C2CCC1CN2. The summed E-state index contributed by atoms with van der Waals surface area (Å²) in [5.74, 6) is 0. The second kappa shape index (κ2) is 2.27. The normalized spacial score (nSPS) is 32.9. The van der Waals surface area contributed by atoms with Gasteiger partial charge in [0.25, 0.3) is 0 Å². The molecular weight excluding hydrogens is 124 g/mol. The first-order valence-electron chi connectivity index (χ1n) is 3.99. The van der Waals surface area contributed by atoms with Crippen LogP contribution < -0.4 is 5.32 Å². The molecule has 2 heteroatoms. The summed E-state index contributed by atoms with van der Waals surface area (Å²) in [4.78, 5) is 2.42. The van der Waals surface area contributed by atoms with E-state index in [9.17, 15) is 0 Å². The fraction of sp³-hybridized carbons (Fsp3) is 0.750. The third kappa shape index (κ3) is 0.926. The number of likely N-dealkylation sites (N-methyl/N-ethyl adjacent to an activating group) is 1. The summed E-state index contributed by atoms with van der Waals surface area (Å²) in [5, 5.41) is 3.43. The second-order valence-electron chi connectivity index (χ2n) is 3.24. The minimum Gasteiger partial charge on any atom is -0.387 e. The lowest BCUT2D eigenvalue weighted by Gasteiger charge is -2.28. The van der Waals surface area contributed by atoms with Gasteiger partial charge in [0.1, 0.15) is 0 Å². The van der Waals surface area contributed by atoms with Gasteiger partial charge in [-0.2, -0.15) is 0 Å². The van der Waals surface area contributed by atoms with Gasteiger partial charge in [-0.3, -0.25) is 4.90 Å². The molecule has 0 aromatic carbocycles. The summed E-state index contributed by atoms with van der Waals surface area (Å²) in [6, 6.07) is 0.780. The van der Waals surface area contributed by atoms with Crippen LogP contribution in [0, 0.1) is 0 Å². The minimum absolute atomic E-state index is 0.780. The number of piperidine rings is 1. The Morgan fingerprint density at radius 2 is 2.60 bits per heavy atom. The molecule has 0 amide bonds. The van der Waals surface area contributed by atoms with Gasteiger partial charge in [-0.25, -0.2) is 0 Å². The van der Waals surface area contributed by atoms with Gasteiger partial charge in [0.15, 0.2) is 0 Å². The third-order valence-electron chi connectivity index (χ3n) is 2.56. The maximum absolute atomic E-state index is 3.43. The smallest absolute Gasteiger partial charge is 0.0300 e. The summed E-state index contributed by atoms with van der Waals surface area (Å²) >= 11 is 0. The summed E-state index contributed by atoms with van der Waals surface area (Å²) < 4.78 is 0. The molecule has 0 aliphatic carbocycles. The average molecular weight is 138 g/mol. The maximum atomic E-state index is 3.43. The molecule has 1 N–H and O–H groups in total. The maximum Gasteiger partial charge on any atom is 0.0300 e. The Morgan fingerprint density at radius 3 is 3.30 bits per heavy atom. The molecule has 2 bridgehead atoms. The Kier molecular flexibility index (Phi) is 1.42. The molecule has 1 atom stereocenters. The lowest BCUT2D eigenvalue weighted by molar-refractivity contribution is 0.248. The number of rotatable bonds is 0. The van der Waals surface area contributed by atoms with E-state index >= 15 is 0 Å². The molecule has 3 aliphatic rings. The minimum atomic E-state index is 0.780. The molecule has 10 heavy (non-hydrogen) atoms. The first-order chi connectivity index (χ1) is 4.86. The van der Waals surface area contributed by atoms with E-state index in [1.807, 2.05) is 0 Å². The van der Waals surface area contributed by atoms with Gasteiger partial charge in [0.2, 0.25) is 0 Å². The Hall–Kier alpha value is -0.500. The van der Waals surface area contributed by atoms with E-state index in [1.54, 1.807) is 0 Å². The van der Waals surface area contributed by atoms with Crippen molar-refractivity contribution in [3.05, 3.63) is 11.8 Å². The molecule has 1 saturated heterocycles. The van der Waals surface area contributed by atoms with Crippen LogP contribution in [-0.2, 0) is 0 Å². The van der Waals surface area contributed by atoms with Crippen LogP contribution >= 0.6 is 0 Å². The van der Waals surface area contributed by atoms with Crippen molar-refractivity contribution in [1.82, 2.24) is 10.2 Å². The van der Waals surface area contributed by atoms with Gasteiger partial charge in [-0.1, -0.05) is 6.08 Å². The molecule has 0 aromatic rings. The summed E-state index contributed by atoms with van der Waals surface area (Å²) in [5.41, 5.74) is 1.46. The molecule has 2 nitrogen and oxygen atoms in total. The monoisotopic (exact) mass is 138 g/mol. The summed E-state index contributed by atoms with van der Waals surface area (Å²) in [6.45, 7) is 2.29. The number of nitrogens with one attached hydrogen (secondary N) is 1. The van der Waals surface area contributed by atoms with E-state index < -0.39 is 0 Å². The zero-order valence-corrected chi connectivity index (χ0v) is 6.43. The zero-order chi connectivity index (χ0) is 6.97. The number of allylic oxidation sites excluding steroid dienone is 1. The Balaban J connectivity index is 2.18. The van der Waals surface area contributed by atoms with Crippen molar-refractivity contribution in [2.75, 3.05) is 20.1 Å².